The Morgan fingerprint density at radius 3 is 2.52 bits per heavy atom. The van der Waals surface area contributed by atoms with Crippen molar-refractivity contribution in [2.45, 2.75) is 31.9 Å². The first-order valence-corrected chi connectivity index (χ1v) is 12.1. The molecule has 3 rings (SSSR count). The first kappa shape index (κ1) is 25.6. The molecule has 0 radical (unpaired) electrons. The van der Waals surface area contributed by atoms with E-state index in [2.05, 4.69) is 46.6 Å². The largest absolute Gasteiger partial charge is 0.364 e. The van der Waals surface area contributed by atoms with E-state index in [1.165, 1.54) is 16.1 Å². The molecule has 31 heavy (non-hydrogen) atoms. The van der Waals surface area contributed by atoms with E-state index in [4.69, 9.17) is 9.52 Å². The second-order valence-corrected chi connectivity index (χ2v) is 9.44. The lowest BCUT2D eigenvalue weighted by atomic mass is 9.98. The van der Waals surface area contributed by atoms with Gasteiger partial charge in [-0.15, -0.1) is 24.0 Å². The molecule has 2 heterocycles. The van der Waals surface area contributed by atoms with Crippen LogP contribution < -0.4 is 5.32 Å². The Labute approximate surface area is 202 Å². The van der Waals surface area contributed by atoms with Crippen molar-refractivity contribution in [3.63, 3.8) is 0 Å². The van der Waals surface area contributed by atoms with Gasteiger partial charge in [0.15, 0.2) is 5.96 Å². The fourth-order valence-corrected chi connectivity index (χ4v) is 4.93. The summed E-state index contributed by atoms with van der Waals surface area (Å²) in [6.07, 6.45) is 2.35. The van der Waals surface area contributed by atoms with Crippen LogP contribution in [0.3, 0.4) is 0 Å². The average molecular weight is 561 g/mol. The van der Waals surface area contributed by atoms with Crippen LogP contribution in [-0.2, 0) is 15.8 Å². The van der Waals surface area contributed by atoms with Gasteiger partial charge < -0.3 is 14.7 Å². The van der Waals surface area contributed by atoms with Gasteiger partial charge >= 0.3 is 0 Å². The van der Waals surface area contributed by atoms with E-state index in [1.54, 1.807) is 6.07 Å². The highest BCUT2D eigenvalue weighted by atomic mass is 127. The number of rotatable bonds is 8. The van der Waals surface area contributed by atoms with Crippen molar-refractivity contribution in [2.75, 3.05) is 39.3 Å². The summed E-state index contributed by atoms with van der Waals surface area (Å²) < 4.78 is 31.5. The van der Waals surface area contributed by atoms with E-state index in [0.29, 0.717) is 37.8 Å². The van der Waals surface area contributed by atoms with Gasteiger partial charge in [-0.2, -0.15) is 4.31 Å². The number of hydrogen-bond acceptors (Lipinski definition) is 5. The van der Waals surface area contributed by atoms with Gasteiger partial charge in [0.1, 0.15) is 12.0 Å². The molecule has 2 aromatic rings. The molecule has 1 fully saturated rings. The number of nitrogens with zero attached hydrogens (tertiary/aromatic N) is 4. The molecule has 1 unspecified atom stereocenters. The highest BCUT2D eigenvalue weighted by Crippen LogP contribution is 2.18. The molecule has 1 N–H and O–H groups in total. The molecule has 1 atom stereocenters. The van der Waals surface area contributed by atoms with Gasteiger partial charge in [0.05, 0.1) is 5.69 Å². The number of piperazine rings is 1. The Hall–Kier alpha value is -1.66. The third-order valence-corrected chi connectivity index (χ3v) is 7.09. The smallest absolute Gasteiger partial charge is 0.220 e. The molecular formula is C21H32IN5O3S. The van der Waals surface area contributed by atoms with Gasteiger partial charge in [0, 0.05) is 45.3 Å². The Bertz CT molecular complexity index is 898. The van der Waals surface area contributed by atoms with Crippen molar-refractivity contribution in [1.29, 1.82) is 0 Å². The van der Waals surface area contributed by atoms with Crippen molar-refractivity contribution in [3.8, 4) is 0 Å². The lowest BCUT2D eigenvalue weighted by molar-refractivity contribution is 0.259. The van der Waals surface area contributed by atoms with Crippen molar-refractivity contribution in [1.82, 2.24) is 19.7 Å². The van der Waals surface area contributed by atoms with E-state index in [-0.39, 0.29) is 29.7 Å². The number of hydrogen-bond donors (Lipinski definition) is 1. The molecule has 1 aromatic carbocycles. The van der Waals surface area contributed by atoms with Crippen LogP contribution in [0.2, 0.25) is 0 Å². The fourth-order valence-electron chi connectivity index (χ4n) is 3.51. The van der Waals surface area contributed by atoms with E-state index in [9.17, 15) is 8.42 Å². The monoisotopic (exact) mass is 561 g/mol. The normalized spacial score (nSPS) is 16.6. The van der Waals surface area contributed by atoms with E-state index in [1.807, 2.05) is 13.0 Å². The third kappa shape index (κ3) is 7.46. The molecule has 0 bridgehead atoms. The van der Waals surface area contributed by atoms with Gasteiger partial charge in [-0.3, -0.25) is 4.99 Å². The summed E-state index contributed by atoms with van der Waals surface area (Å²) in [7, 11) is -3.40. The summed E-state index contributed by atoms with van der Waals surface area (Å²) in [5, 5.41) is 7.05. The maximum atomic E-state index is 12.6. The minimum Gasteiger partial charge on any atom is -0.364 e. The number of aliphatic imine (C=N–C) groups is 1. The van der Waals surface area contributed by atoms with Gasteiger partial charge in [-0.25, -0.2) is 8.42 Å². The van der Waals surface area contributed by atoms with Crippen LogP contribution in [0.1, 0.15) is 37.4 Å². The van der Waals surface area contributed by atoms with Crippen LogP contribution in [0.5, 0.6) is 0 Å². The van der Waals surface area contributed by atoms with Crippen molar-refractivity contribution < 1.29 is 12.9 Å². The number of halogens is 1. The van der Waals surface area contributed by atoms with Crippen LogP contribution in [0.25, 0.3) is 0 Å². The molecule has 8 nitrogen and oxygen atoms in total. The summed E-state index contributed by atoms with van der Waals surface area (Å²) >= 11 is 0. The Balaban J connectivity index is 0.00000341. The maximum Gasteiger partial charge on any atom is 0.220 e. The highest BCUT2D eigenvalue weighted by molar-refractivity contribution is 14.0. The Kier molecular flexibility index (Phi) is 10.2. The molecule has 1 aliphatic rings. The Morgan fingerprint density at radius 2 is 1.90 bits per heavy atom. The fraction of sp³-hybridized carbons (Fsp3) is 0.524. The lowest BCUT2D eigenvalue weighted by Crippen LogP contribution is -2.53. The zero-order valence-corrected chi connectivity index (χ0v) is 21.3. The topological polar surface area (TPSA) is 91.0 Å². The summed E-state index contributed by atoms with van der Waals surface area (Å²) in [5.41, 5.74) is 1.75. The minimum atomic E-state index is -3.40. The second kappa shape index (κ2) is 12.4. The van der Waals surface area contributed by atoms with E-state index < -0.39 is 10.0 Å². The van der Waals surface area contributed by atoms with Crippen molar-refractivity contribution >= 4 is 40.0 Å². The number of sulfonamides is 1. The SMILES string of the molecule is CCNC(=NCCC(C)c1ccccc1)N1CCN(S(=O)(=O)Cc2ccon2)CC1.I. The van der Waals surface area contributed by atoms with Crippen molar-refractivity contribution in [3.05, 3.63) is 53.9 Å². The van der Waals surface area contributed by atoms with Crippen LogP contribution >= 0.6 is 24.0 Å². The second-order valence-electron chi connectivity index (χ2n) is 7.47. The predicted octanol–water partition coefficient (Wildman–Crippen LogP) is 2.90. The minimum absolute atomic E-state index is 0. The summed E-state index contributed by atoms with van der Waals surface area (Å²) in [4.78, 5) is 6.93. The molecule has 0 amide bonds. The quantitative estimate of drug-likeness (QED) is 0.303. The molecule has 0 aliphatic carbocycles. The summed E-state index contributed by atoms with van der Waals surface area (Å²) in [5.74, 6) is 1.16. The number of nitrogens with one attached hydrogen (secondary N) is 1. The van der Waals surface area contributed by atoms with Gasteiger partial charge in [0.2, 0.25) is 10.0 Å². The first-order chi connectivity index (χ1) is 14.5. The molecule has 10 heteroatoms. The molecule has 0 saturated carbocycles. The number of benzene rings is 1. The van der Waals surface area contributed by atoms with Crippen LogP contribution in [0.4, 0.5) is 0 Å². The van der Waals surface area contributed by atoms with Crippen LogP contribution in [-0.4, -0.2) is 68.0 Å². The molecule has 1 saturated heterocycles. The zero-order chi connectivity index (χ0) is 21.4. The molecule has 1 aliphatic heterocycles. The first-order valence-electron chi connectivity index (χ1n) is 10.4. The standard InChI is InChI=1S/C21H31N5O3S.HI/c1-3-22-21(23-11-9-18(2)19-7-5-4-6-8-19)25-12-14-26(15-13-25)30(27,28)17-20-10-16-29-24-20;/h4-8,10,16,18H,3,9,11-15,17H2,1-2H3,(H,22,23);1H. The van der Waals surface area contributed by atoms with E-state index >= 15 is 0 Å². The molecule has 0 spiro atoms. The van der Waals surface area contributed by atoms with Gasteiger partial charge in [-0.1, -0.05) is 42.4 Å². The molecule has 1 aromatic heterocycles. The molecule has 172 valence electrons. The van der Waals surface area contributed by atoms with Crippen molar-refractivity contribution in [2.24, 2.45) is 4.99 Å². The van der Waals surface area contributed by atoms with E-state index in [0.717, 1.165) is 25.5 Å². The van der Waals surface area contributed by atoms with Crippen LogP contribution in [0, 0.1) is 0 Å². The number of aromatic nitrogens is 1. The lowest BCUT2D eigenvalue weighted by Gasteiger charge is -2.35. The highest BCUT2D eigenvalue weighted by Gasteiger charge is 2.29. The Morgan fingerprint density at radius 1 is 1.19 bits per heavy atom. The maximum absolute atomic E-state index is 12.6. The third-order valence-electron chi connectivity index (χ3n) is 5.28. The predicted molar refractivity (Wildman–Crippen MR) is 133 cm³/mol. The average Bonchev–Trinajstić information content (AvgIpc) is 3.26. The summed E-state index contributed by atoms with van der Waals surface area (Å²) in [6, 6.07) is 12.0. The van der Waals surface area contributed by atoms with Crippen LogP contribution in [0.15, 0.2) is 52.2 Å². The van der Waals surface area contributed by atoms with Gasteiger partial charge in [0.25, 0.3) is 0 Å². The zero-order valence-electron chi connectivity index (χ0n) is 18.1. The summed E-state index contributed by atoms with van der Waals surface area (Å²) in [6.45, 7) is 7.85. The molecular weight excluding hydrogens is 529 g/mol. The van der Waals surface area contributed by atoms with Gasteiger partial charge in [-0.05, 0) is 24.8 Å². The number of guanidine groups is 1.